The molecule has 3 N–H and O–H groups in total. The number of rotatable bonds is 7. The van der Waals surface area contributed by atoms with Gasteiger partial charge in [-0.2, -0.15) is 11.8 Å². The maximum absolute atomic E-state index is 11.6. The van der Waals surface area contributed by atoms with E-state index in [1.165, 1.54) is 11.1 Å². The molecule has 0 saturated carbocycles. The third kappa shape index (κ3) is 4.53. The fourth-order valence-electron chi connectivity index (χ4n) is 3.84. The van der Waals surface area contributed by atoms with Crippen molar-refractivity contribution in [3.8, 4) is 0 Å². The van der Waals surface area contributed by atoms with Gasteiger partial charge in [-0.3, -0.25) is 0 Å². The normalized spacial score (nSPS) is 16.7. The molecule has 0 aliphatic carbocycles. The molecule has 1 unspecified atom stereocenters. The second-order valence-electron chi connectivity index (χ2n) is 7.21. The molecule has 2 aromatic carbocycles. The number of fused-ring (bicyclic) bond motifs is 1. The van der Waals surface area contributed by atoms with Crippen molar-refractivity contribution in [2.24, 2.45) is 0 Å². The van der Waals surface area contributed by atoms with Crippen LogP contribution in [0.4, 0.5) is 0 Å². The molecule has 4 rings (SSSR count). The van der Waals surface area contributed by atoms with Crippen molar-refractivity contribution in [1.82, 2.24) is 10.3 Å². The first-order chi connectivity index (χ1) is 14.1. The summed E-state index contributed by atoms with van der Waals surface area (Å²) in [6, 6.07) is 14.2. The molecule has 29 heavy (non-hydrogen) atoms. The molecule has 0 fully saturated rings. The van der Waals surface area contributed by atoms with Crippen LogP contribution >= 0.6 is 23.4 Å². The molecule has 2 heterocycles. The first-order valence-electron chi connectivity index (χ1n) is 9.71. The molecule has 4 nitrogen and oxygen atoms in total. The van der Waals surface area contributed by atoms with E-state index < -0.39 is 5.97 Å². The Bertz CT molecular complexity index is 1050. The number of thioether (sulfide) groups is 1. The summed E-state index contributed by atoms with van der Waals surface area (Å²) >= 11 is 8.06. The summed E-state index contributed by atoms with van der Waals surface area (Å²) in [6.07, 6.45) is 6.27. The lowest BCUT2D eigenvalue weighted by Gasteiger charge is -2.24. The number of hydrogen-bond donors (Lipinski definition) is 3. The SMILES string of the molecule is O=C(O)c1ccc(Cl)c2[nH]cc(CSCCC3CC(c4ccccc4)=CCN3)c12. The summed E-state index contributed by atoms with van der Waals surface area (Å²) in [7, 11) is 0. The zero-order valence-electron chi connectivity index (χ0n) is 16.0. The van der Waals surface area contributed by atoms with Crippen LogP contribution in [0.25, 0.3) is 16.5 Å². The third-order valence-electron chi connectivity index (χ3n) is 5.33. The van der Waals surface area contributed by atoms with Crippen LogP contribution < -0.4 is 5.32 Å². The lowest BCUT2D eigenvalue weighted by Crippen LogP contribution is -2.33. The number of hydrogen-bond acceptors (Lipinski definition) is 3. The Balaban J connectivity index is 1.35. The van der Waals surface area contributed by atoms with E-state index in [9.17, 15) is 9.90 Å². The molecule has 0 saturated heterocycles. The Morgan fingerprint density at radius 3 is 2.83 bits per heavy atom. The van der Waals surface area contributed by atoms with E-state index in [2.05, 4.69) is 40.6 Å². The average Bonchev–Trinajstić information content (AvgIpc) is 3.17. The van der Waals surface area contributed by atoms with Crippen molar-refractivity contribution in [3.05, 3.63) is 76.5 Å². The van der Waals surface area contributed by atoms with Crippen LogP contribution in [0.5, 0.6) is 0 Å². The fraction of sp³-hybridized carbons (Fsp3) is 0.261. The number of aromatic carboxylic acids is 1. The largest absolute Gasteiger partial charge is 0.478 e. The molecule has 1 aliphatic heterocycles. The molecule has 0 radical (unpaired) electrons. The van der Waals surface area contributed by atoms with E-state index in [0.717, 1.165) is 41.8 Å². The first kappa shape index (κ1) is 20.1. The van der Waals surface area contributed by atoms with E-state index in [1.54, 1.807) is 12.1 Å². The van der Waals surface area contributed by atoms with E-state index in [1.807, 2.05) is 24.0 Å². The van der Waals surface area contributed by atoms with Gasteiger partial charge >= 0.3 is 5.97 Å². The van der Waals surface area contributed by atoms with Crippen LogP contribution in [0.1, 0.15) is 34.3 Å². The van der Waals surface area contributed by atoms with Gasteiger partial charge in [0, 0.05) is 29.9 Å². The van der Waals surface area contributed by atoms with Crippen LogP contribution in [0.15, 0.2) is 54.7 Å². The van der Waals surface area contributed by atoms with Crippen LogP contribution in [0.2, 0.25) is 5.02 Å². The van der Waals surface area contributed by atoms with Crippen molar-refractivity contribution in [2.45, 2.75) is 24.6 Å². The molecule has 0 spiro atoms. The molecule has 1 aliphatic rings. The van der Waals surface area contributed by atoms with Crippen LogP contribution in [0.3, 0.4) is 0 Å². The minimum absolute atomic E-state index is 0.299. The molecular formula is C23H23ClN2O2S. The van der Waals surface area contributed by atoms with Gasteiger partial charge in [0.25, 0.3) is 0 Å². The highest BCUT2D eigenvalue weighted by Gasteiger charge is 2.18. The van der Waals surface area contributed by atoms with Crippen molar-refractivity contribution in [1.29, 1.82) is 0 Å². The molecular weight excluding hydrogens is 404 g/mol. The number of benzene rings is 2. The monoisotopic (exact) mass is 426 g/mol. The summed E-state index contributed by atoms with van der Waals surface area (Å²) < 4.78 is 0. The predicted octanol–water partition coefficient (Wildman–Crippen LogP) is 5.59. The van der Waals surface area contributed by atoms with Gasteiger partial charge in [-0.1, -0.05) is 48.0 Å². The van der Waals surface area contributed by atoms with E-state index in [4.69, 9.17) is 11.6 Å². The summed E-state index contributed by atoms with van der Waals surface area (Å²) in [5, 5.41) is 14.4. The zero-order chi connectivity index (χ0) is 20.2. The topological polar surface area (TPSA) is 65.1 Å². The smallest absolute Gasteiger partial charge is 0.336 e. The lowest BCUT2D eigenvalue weighted by molar-refractivity contribution is 0.0699. The summed E-state index contributed by atoms with van der Waals surface area (Å²) in [5.74, 6) is 0.841. The maximum atomic E-state index is 11.6. The lowest BCUT2D eigenvalue weighted by atomic mass is 9.94. The Labute approximate surface area is 179 Å². The highest BCUT2D eigenvalue weighted by Crippen LogP contribution is 2.31. The first-order valence-corrected chi connectivity index (χ1v) is 11.2. The fourth-order valence-corrected chi connectivity index (χ4v) is 5.10. The van der Waals surface area contributed by atoms with Gasteiger partial charge < -0.3 is 15.4 Å². The van der Waals surface area contributed by atoms with Gasteiger partial charge in [0.1, 0.15) is 0 Å². The molecule has 1 atom stereocenters. The minimum Gasteiger partial charge on any atom is -0.478 e. The van der Waals surface area contributed by atoms with Crippen LogP contribution in [-0.2, 0) is 5.75 Å². The van der Waals surface area contributed by atoms with Crippen molar-refractivity contribution in [2.75, 3.05) is 12.3 Å². The summed E-state index contributed by atoms with van der Waals surface area (Å²) in [5.41, 5.74) is 4.72. The number of halogens is 1. The van der Waals surface area contributed by atoms with Crippen LogP contribution in [-0.4, -0.2) is 34.4 Å². The number of aromatic amines is 1. The van der Waals surface area contributed by atoms with Gasteiger partial charge in [-0.05, 0) is 47.4 Å². The van der Waals surface area contributed by atoms with E-state index >= 15 is 0 Å². The third-order valence-corrected chi connectivity index (χ3v) is 6.69. The number of aromatic nitrogens is 1. The van der Waals surface area contributed by atoms with Gasteiger partial charge in [-0.15, -0.1) is 0 Å². The van der Waals surface area contributed by atoms with Crippen LogP contribution in [0, 0.1) is 0 Å². The van der Waals surface area contributed by atoms with Gasteiger partial charge in [0.15, 0.2) is 0 Å². The Hall–Kier alpha value is -2.21. The number of carboxylic acid groups (broad SMARTS) is 1. The van der Waals surface area contributed by atoms with Crippen molar-refractivity contribution < 1.29 is 9.90 Å². The molecule has 1 aromatic heterocycles. The van der Waals surface area contributed by atoms with E-state index in [0.29, 0.717) is 22.1 Å². The number of H-pyrrole nitrogens is 1. The van der Waals surface area contributed by atoms with Crippen molar-refractivity contribution >= 4 is 45.8 Å². The predicted molar refractivity (Wildman–Crippen MR) is 122 cm³/mol. The Morgan fingerprint density at radius 1 is 1.21 bits per heavy atom. The molecule has 150 valence electrons. The van der Waals surface area contributed by atoms with Gasteiger partial charge in [-0.25, -0.2) is 4.79 Å². The van der Waals surface area contributed by atoms with Crippen molar-refractivity contribution in [3.63, 3.8) is 0 Å². The molecule has 3 aromatic rings. The van der Waals surface area contributed by atoms with E-state index in [-0.39, 0.29) is 0 Å². The average molecular weight is 427 g/mol. The number of carboxylic acids is 1. The van der Waals surface area contributed by atoms with Gasteiger partial charge in [0.05, 0.1) is 16.1 Å². The summed E-state index contributed by atoms with van der Waals surface area (Å²) in [6.45, 7) is 0.905. The second-order valence-corrected chi connectivity index (χ2v) is 8.72. The highest BCUT2D eigenvalue weighted by molar-refractivity contribution is 7.98. The summed E-state index contributed by atoms with van der Waals surface area (Å²) in [4.78, 5) is 14.7. The standard InChI is InChI=1S/C23H23ClN2O2S/c24-20-7-6-19(23(27)28)21-17(13-26-22(20)21)14-29-11-9-18-12-16(8-10-25-18)15-4-2-1-3-5-15/h1-8,13,18,25-26H,9-12,14H2,(H,27,28). The zero-order valence-corrected chi connectivity index (χ0v) is 17.5. The Kier molecular flexibility index (Phi) is 6.28. The molecule has 6 heteroatoms. The molecule has 0 amide bonds. The van der Waals surface area contributed by atoms with Gasteiger partial charge in [0.2, 0.25) is 0 Å². The quantitative estimate of drug-likeness (QED) is 0.431. The second kappa shape index (κ2) is 9.08. The highest BCUT2D eigenvalue weighted by atomic mass is 35.5. The number of nitrogens with one attached hydrogen (secondary N) is 2. The number of carbonyl (C=O) groups is 1. The Morgan fingerprint density at radius 2 is 2.03 bits per heavy atom. The molecule has 0 bridgehead atoms. The maximum Gasteiger partial charge on any atom is 0.336 e. The minimum atomic E-state index is -0.927.